The summed E-state index contributed by atoms with van der Waals surface area (Å²) in [5.41, 5.74) is 0. The predicted octanol–water partition coefficient (Wildman–Crippen LogP) is 0.380. The number of carbonyl (C=O) groups is 1. The Morgan fingerprint density at radius 3 is 2.11 bits per heavy atom. The van der Waals surface area contributed by atoms with Crippen LogP contribution in [0.25, 0.3) is 0 Å². The number of carboxylic acids is 1. The minimum Gasteiger partial charge on any atom is -0.544 e. The lowest BCUT2D eigenvalue weighted by atomic mass is 10.5. The Morgan fingerprint density at radius 2 is 1.78 bits per heavy atom. The van der Waals surface area contributed by atoms with Crippen LogP contribution in [0.2, 0.25) is 0 Å². The van der Waals surface area contributed by atoms with Crippen LogP contribution in [0, 0.1) is 0 Å². The van der Waals surface area contributed by atoms with Crippen LogP contribution in [0.4, 0.5) is 0 Å². The molecule has 106 valence electrons. The van der Waals surface area contributed by atoms with Crippen LogP contribution < -0.4 is 10.4 Å². The molecule has 0 aliphatic heterocycles. The lowest BCUT2D eigenvalue weighted by Crippen LogP contribution is -2.81. The molecule has 0 saturated carbocycles. The first kappa shape index (κ1) is 17.6. The van der Waals surface area contributed by atoms with Crippen molar-refractivity contribution in [3.8, 4) is 0 Å². The Bertz CT molecular complexity index is 342. The van der Waals surface area contributed by atoms with Gasteiger partial charge in [0.2, 0.25) is 0 Å². The van der Waals surface area contributed by atoms with Gasteiger partial charge in [0.1, 0.15) is 12.7 Å². The average molecular weight is 300 g/mol. The van der Waals surface area contributed by atoms with E-state index in [-0.39, 0.29) is 23.5 Å². The summed E-state index contributed by atoms with van der Waals surface area (Å²) in [6.45, 7) is 6.48. The molecular formula is C10H19ClNO5P. The molecule has 0 aliphatic rings. The summed E-state index contributed by atoms with van der Waals surface area (Å²) >= 11 is 5.86. The number of nitrogens with two attached hydrogens (primary N) is 1. The van der Waals surface area contributed by atoms with E-state index in [0.717, 1.165) is 0 Å². The molecule has 2 N–H and O–H groups in total. The molecule has 0 unspecified atom stereocenters. The molecule has 6 nitrogen and oxygen atoms in total. The summed E-state index contributed by atoms with van der Waals surface area (Å²) in [6.07, 6.45) is 0.541. The third-order valence-corrected chi connectivity index (χ3v) is 4.32. The van der Waals surface area contributed by atoms with Crippen molar-refractivity contribution < 1.29 is 28.8 Å². The largest absolute Gasteiger partial charge is 0.544 e. The highest BCUT2D eigenvalue weighted by atomic mass is 35.5. The summed E-state index contributed by atoms with van der Waals surface area (Å²) in [5, 5.41) is 11.5. The smallest absolute Gasteiger partial charge is 0.378 e. The van der Waals surface area contributed by atoms with Crippen molar-refractivity contribution in [3.05, 3.63) is 11.0 Å². The molecular weight excluding hydrogens is 281 g/mol. The molecule has 0 fully saturated rings. The minimum atomic E-state index is -3.60. The zero-order valence-electron chi connectivity index (χ0n) is 10.9. The maximum Gasteiger partial charge on any atom is 0.378 e. The zero-order valence-corrected chi connectivity index (χ0v) is 12.5. The number of hydrogen-bond acceptors (Lipinski definition) is 5. The quantitative estimate of drug-likeness (QED) is 0.654. The third kappa shape index (κ3) is 7.13. The van der Waals surface area contributed by atoms with Gasteiger partial charge in [0, 0.05) is 0 Å². The molecule has 0 aromatic rings. The Labute approximate surface area is 112 Å². The number of rotatable bonds is 8. The van der Waals surface area contributed by atoms with Crippen LogP contribution in [0.15, 0.2) is 11.0 Å². The van der Waals surface area contributed by atoms with Crippen molar-refractivity contribution in [1.29, 1.82) is 0 Å². The topological polar surface area (TPSA) is 92.3 Å². The number of halogens is 1. The summed E-state index contributed by atoms with van der Waals surface area (Å²) in [7, 11) is -3.60. The first-order valence-electron chi connectivity index (χ1n) is 5.53. The summed E-state index contributed by atoms with van der Waals surface area (Å²) < 4.78 is 22.7. The van der Waals surface area contributed by atoms with E-state index < -0.39 is 13.6 Å². The van der Waals surface area contributed by atoms with Gasteiger partial charge in [-0.25, -0.2) is 0 Å². The van der Waals surface area contributed by atoms with Gasteiger partial charge in [0.05, 0.1) is 18.2 Å². The van der Waals surface area contributed by atoms with Crippen molar-refractivity contribution in [2.24, 2.45) is 0 Å². The summed E-state index contributed by atoms with van der Waals surface area (Å²) in [6, 6.07) is 0. The summed E-state index contributed by atoms with van der Waals surface area (Å²) in [4.78, 5) is 10.2. The number of hydrogen-bond donors (Lipinski definition) is 1. The highest BCUT2D eigenvalue weighted by Gasteiger charge is 2.33. The summed E-state index contributed by atoms with van der Waals surface area (Å²) in [5.74, 6) is -1.25. The first-order valence-corrected chi connectivity index (χ1v) is 7.45. The maximum atomic E-state index is 12.4. The number of aliphatic carboxylic acids is 1. The van der Waals surface area contributed by atoms with Crippen molar-refractivity contribution in [3.63, 3.8) is 0 Å². The number of carboxylic acid groups (broad SMARTS) is 1. The molecule has 0 rings (SSSR count). The van der Waals surface area contributed by atoms with E-state index in [0.29, 0.717) is 0 Å². The van der Waals surface area contributed by atoms with Gasteiger partial charge in [-0.3, -0.25) is 4.57 Å². The van der Waals surface area contributed by atoms with Gasteiger partial charge < -0.3 is 24.3 Å². The van der Waals surface area contributed by atoms with Crippen LogP contribution in [0.3, 0.4) is 0 Å². The highest BCUT2D eigenvalue weighted by molar-refractivity contribution is 7.61. The monoisotopic (exact) mass is 299 g/mol. The van der Waals surface area contributed by atoms with Gasteiger partial charge in [0.15, 0.2) is 4.77 Å². The van der Waals surface area contributed by atoms with Gasteiger partial charge in [-0.05, 0) is 27.7 Å². The molecule has 8 heteroatoms. The molecule has 0 aliphatic carbocycles. The van der Waals surface area contributed by atoms with Gasteiger partial charge >= 0.3 is 7.60 Å². The van der Waals surface area contributed by atoms with E-state index in [1.165, 1.54) is 11.5 Å². The minimum absolute atomic E-state index is 0.147. The molecule has 0 aromatic carbocycles. The molecule has 0 saturated heterocycles. The number of quaternary nitrogens is 1. The lowest BCUT2D eigenvalue weighted by Gasteiger charge is -2.21. The van der Waals surface area contributed by atoms with E-state index in [1.54, 1.807) is 27.7 Å². The van der Waals surface area contributed by atoms with Crippen molar-refractivity contribution in [2.45, 2.75) is 39.9 Å². The van der Waals surface area contributed by atoms with Crippen LogP contribution in [-0.4, -0.2) is 24.7 Å². The Hall–Kier alpha value is -0.390. The van der Waals surface area contributed by atoms with Crippen LogP contribution in [-0.2, 0) is 18.4 Å². The number of carbonyl (C=O) groups excluding carboxylic acids is 1. The van der Waals surface area contributed by atoms with E-state index in [9.17, 15) is 14.5 Å². The van der Waals surface area contributed by atoms with Crippen LogP contribution in [0.1, 0.15) is 27.7 Å². The fraction of sp³-hybridized carbons (Fsp3) is 0.700. The van der Waals surface area contributed by atoms with E-state index in [1.807, 2.05) is 0 Å². The van der Waals surface area contributed by atoms with E-state index in [2.05, 4.69) is 0 Å². The molecule has 0 radical (unpaired) electrons. The molecule has 0 spiro atoms. The standard InChI is InChI=1S/C10H19ClNO5P/c1-7(2)16-18(15,17-8(3)4)9(11)5-12-6-10(13)14/h5,7-8,12H,6H2,1-4H3,(H,13,14)/b9-5-. The Morgan fingerprint density at radius 1 is 1.33 bits per heavy atom. The van der Waals surface area contributed by atoms with E-state index >= 15 is 0 Å². The second kappa shape index (κ2) is 7.92. The van der Waals surface area contributed by atoms with Gasteiger partial charge in [0.25, 0.3) is 0 Å². The molecule has 0 aromatic heterocycles. The normalized spacial score (nSPS) is 13.4. The molecule has 0 atom stereocenters. The third-order valence-electron chi connectivity index (χ3n) is 1.50. The molecule has 18 heavy (non-hydrogen) atoms. The maximum absolute atomic E-state index is 12.4. The fourth-order valence-electron chi connectivity index (χ4n) is 1.02. The highest BCUT2D eigenvalue weighted by Crippen LogP contribution is 2.59. The van der Waals surface area contributed by atoms with Gasteiger partial charge in [-0.15, -0.1) is 0 Å². The molecule has 0 amide bonds. The van der Waals surface area contributed by atoms with Crippen LogP contribution >= 0.6 is 19.2 Å². The van der Waals surface area contributed by atoms with Gasteiger partial charge in [-0.1, -0.05) is 11.6 Å². The van der Waals surface area contributed by atoms with Crippen molar-refractivity contribution >= 4 is 25.2 Å². The van der Waals surface area contributed by atoms with Crippen molar-refractivity contribution in [1.82, 2.24) is 0 Å². The molecule has 0 heterocycles. The fourth-order valence-corrected chi connectivity index (χ4v) is 3.00. The SMILES string of the molecule is CC(C)OP(=O)(OC(C)C)/C(Cl)=C\[NH2+]CC(=O)[O-]. The van der Waals surface area contributed by atoms with E-state index in [4.69, 9.17) is 20.6 Å². The second-order valence-corrected chi connectivity index (χ2v) is 6.68. The molecule has 0 bridgehead atoms. The van der Waals surface area contributed by atoms with Crippen molar-refractivity contribution in [2.75, 3.05) is 6.54 Å². The first-order chi connectivity index (χ1) is 8.17. The Kier molecular flexibility index (Phi) is 7.75. The predicted molar refractivity (Wildman–Crippen MR) is 65.8 cm³/mol. The lowest BCUT2D eigenvalue weighted by molar-refractivity contribution is -0.585. The average Bonchev–Trinajstić information content (AvgIpc) is 2.13. The Balaban J connectivity index is 4.83. The van der Waals surface area contributed by atoms with Gasteiger partial charge in [-0.2, -0.15) is 0 Å². The van der Waals surface area contributed by atoms with Crippen LogP contribution in [0.5, 0.6) is 0 Å². The second-order valence-electron chi connectivity index (χ2n) is 4.11. The zero-order chi connectivity index (χ0) is 14.3.